The lowest BCUT2D eigenvalue weighted by atomic mass is 10.2. The Hall–Kier alpha value is -1.31. The monoisotopic (exact) mass is 208 g/mol. The molecular formula is C13H24N2. The zero-order valence-corrected chi connectivity index (χ0v) is 9.78. The van der Waals surface area contributed by atoms with Crippen LogP contribution in [-0.4, -0.2) is 13.3 Å². The predicted octanol–water partition coefficient (Wildman–Crippen LogP) is 4.10. The summed E-state index contributed by atoms with van der Waals surface area (Å²) in [6.45, 7) is 7.99. The molecule has 1 aromatic carbocycles. The number of aryl methyl sites for hydroxylation is 1. The SMILES string of the molecule is C.C/C=N\N(C)c1ccccc1C.CC. The fourth-order valence-corrected chi connectivity index (χ4v) is 1.16. The van der Waals surface area contributed by atoms with E-state index in [9.17, 15) is 0 Å². The molecule has 15 heavy (non-hydrogen) atoms. The summed E-state index contributed by atoms with van der Waals surface area (Å²) >= 11 is 0. The Morgan fingerprint density at radius 3 is 2.20 bits per heavy atom. The average molecular weight is 208 g/mol. The molecule has 86 valence electrons. The first-order valence-corrected chi connectivity index (χ1v) is 5.03. The highest BCUT2D eigenvalue weighted by molar-refractivity contribution is 5.59. The molecule has 0 atom stereocenters. The van der Waals surface area contributed by atoms with Crippen LogP contribution in [0.3, 0.4) is 0 Å². The van der Waals surface area contributed by atoms with Gasteiger partial charge in [-0.2, -0.15) is 5.10 Å². The molecular weight excluding hydrogens is 184 g/mol. The zero-order chi connectivity index (χ0) is 11.0. The van der Waals surface area contributed by atoms with Gasteiger partial charge in [0.2, 0.25) is 0 Å². The molecule has 2 heteroatoms. The van der Waals surface area contributed by atoms with Crippen LogP contribution in [0.2, 0.25) is 0 Å². The topological polar surface area (TPSA) is 15.6 Å². The second-order valence-electron chi connectivity index (χ2n) is 2.68. The number of para-hydroxylation sites is 1. The molecule has 0 amide bonds. The fraction of sp³-hybridized carbons (Fsp3) is 0.462. The Balaban J connectivity index is 0. The van der Waals surface area contributed by atoms with Crippen molar-refractivity contribution in [3.05, 3.63) is 29.8 Å². The Labute approximate surface area is 94.6 Å². The summed E-state index contributed by atoms with van der Waals surface area (Å²) in [6.07, 6.45) is 1.78. The molecule has 0 saturated carbocycles. The average Bonchev–Trinajstić information content (AvgIpc) is 2.22. The normalized spacial score (nSPS) is 8.87. The van der Waals surface area contributed by atoms with Crippen LogP contribution < -0.4 is 5.01 Å². The van der Waals surface area contributed by atoms with Crippen molar-refractivity contribution in [1.82, 2.24) is 0 Å². The summed E-state index contributed by atoms with van der Waals surface area (Å²) in [7, 11) is 1.95. The summed E-state index contributed by atoms with van der Waals surface area (Å²) < 4.78 is 0. The first kappa shape index (κ1) is 16.1. The molecule has 0 aliphatic rings. The van der Waals surface area contributed by atoms with E-state index in [0.29, 0.717) is 0 Å². The van der Waals surface area contributed by atoms with Gasteiger partial charge in [-0.15, -0.1) is 0 Å². The molecule has 0 radical (unpaired) electrons. The standard InChI is InChI=1S/C10H14N2.C2H6.CH4/c1-4-11-12(3)10-8-6-5-7-9(10)2;1-2;/h4-8H,1-3H3;1-2H3;1H4/b11-4-;;. The van der Waals surface area contributed by atoms with E-state index in [-0.39, 0.29) is 7.43 Å². The smallest absolute Gasteiger partial charge is 0.0619 e. The van der Waals surface area contributed by atoms with Gasteiger partial charge in [0.15, 0.2) is 0 Å². The van der Waals surface area contributed by atoms with Gasteiger partial charge < -0.3 is 0 Å². The number of rotatable bonds is 2. The van der Waals surface area contributed by atoms with Gasteiger partial charge in [-0.1, -0.05) is 39.5 Å². The summed E-state index contributed by atoms with van der Waals surface area (Å²) in [5, 5.41) is 6.03. The molecule has 1 aromatic rings. The van der Waals surface area contributed by atoms with Crippen molar-refractivity contribution in [3.8, 4) is 0 Å². The van der Waals surface area contributed by atoms with Gasteiger partial charge in [0, 0.05) is 13.3 Å². The second kappa shape index (κ2) is 9.25. The van der Waals surface area contributed by atoms with Crippen LogP contribution in [-0.2, 0) is 0 Å². The number of hydrazone groups is 1. The van der Waals surface area contributed by atoms with Crippen LogP contribution in [0.4, 0.5) is 5.69 Å². The van der Waals surface area contributed by atoms with E-state index >= 15 is 0 Å². The molecule has 0 aliphatic carbocycles. The zero-order valence-electron chi connectivity index (χ0n) is 9.78. The summed E-state index contributed by atoms with van der Waals surface area (Å²) in [4.78, 5) is 0. The third kappa shape index (κ3) is 5.21. The predicted molar refractivity (Wildman–Crippen MR) is 71.8 cm³/mol. The lowest BCUT2D eigenvalue weighted by Gasteiger charge is -2.14. The van der Waals surface area contributed by atoms with Crippen LogP contribution in [0.15, 0.2) is 29.4 Å². The summed E-state index contributed by atoms with van der Waals surface area (Å²) in [6, 6.07) is 8.19. The maximum atomic E-state index is 4.16. The molecule has 0 N–H and O–H groups in total. The van der Waals surface area contributed by atoms with E-state index in [2.05, 4.69) is 24.2 Å². The number of nitrogens with zero attached hydrogens (tertiary/aromatic N) is 2. The number of benzene rings is 1. The molecule has 1 rings (SSSR count). The highest BCUT2D eigenvalue weighted by atomic mass is 15.4. The van der Waals surface area contributed by atoms with Crippen LogP contribution in [0, 0.1) is 6.92 Å². The Kier molecular flexibility index (Phi) is 9.95. The maximum Gasteiger partial charge on any atom is 0.0619 e. The van der Waals surface area contributed by atoms with Crippen molar-refractivity contribution in [2.75, 3.05) is 12.1 Å². The maximum absolute atomic E-state index is 4.16. The largest absolute Gasteiger partial charge is 0.269 e. The van der Waals surface area contributed by atoms with Crippen molar-refractivity contribution < 1.29 is 0 Å². The summed E-state index contributed by atoms with van der Waals surface area (Å²) in [5.74, 6) is 0. The molecule has 0 saturated heterocycles. The van der Waals surface area contributed by atoms with E-state index in [1.54, 1.807) is 6.21 Å². The van der Waals surface area contributed by atoms with Gasteiger partial charge >= 0.3 is 0 Å². The van der Waals surface area contributed by atoms with Gasteiger partial charge in [0.1, 0.15) is 0 Å². The van der Waals surface area contributed by atoms with Gasteiger partial charge in [-0.25, -0.2) is 0 Å². The minimum atomic E-state index is 0. The van der Waals surface area contributed by atoms with E-state index in [1.165, 1.54) is 5.56 Å². The Morgan fingerprint density at radius 1 is 1.20 bits per heavy atom. The van der Waals surface area contributed by atoms with Crippen LogP contribution in [0.1, 0.15) is 33.8 Å². The fourth-order valence-electron chi connectivity index (χ4n) is 1.16. The first-order chi connectivity index (χ1) is 6.75. The molecule has 0 unspecified atom stereocenters. The highest BCUT2D eigenvalue weighted by Crippen LogP contribution is 2.17. The van der Waals surface area contributed by atoms with E-state index in [1.807, 2.05) is 45.0 Å². The van der Waals surface area contributed by atoms with Crippen LogP contribution >= 0.6 is 0 Å². The molecule has 0 fully saturated rings. The lowest BCUT2D eigenvalue weighted by Crippen LogP contribution is -2.09. The van der Waals surface area contributed by atoms with E-state index in [4.69, 9.17) is 0 Å². The molecule has 0 bridgehead atoms. The quantitative estimate of drug-likeness (QED) is 0.528. The van der Waals surface area contributed by atoms with Crippen molar-refractivity contribution in [2.24, 2.45) is 5.10 Å². The first-order valence-electron chi connectivity index (χ1n) is 5.03. The minimum Gasteiger partial charge on any atom is -0.269 e. The van der Waals surface area contributed by atoms with Crippen molar-refractivity contribution >= 4 is 11.9 Å². The van der Waals surface area contributed by atoms with Gasteiger partial charge in [0.25, 0.3) is 0 Å². The summed E-state index contributed by atoms with van der Waals surface area (Å²) in [5.41, 5.74) is 2.39. The van der Waals surface area contributed by atoms with Crippen molar-refractivity contribution in [2.45, 2.75) is 35.1 Å². The molecule has 2 nitrogen and oxygen atoms in total. The number of anilines is 1. The third-order valence-electron chi connectivity index (χ3n) is 1.75. The van der Waals surface area contributed by atoms with Gasteiger partial charge in [-0.05, 0) is 25.5 Å². The van der Waals surface area contributed by atoms with Crippen LogP contribution in [0.5, 0.6) is 0 Å². The number of hydrogen-bond acceptors (Lipinski definition) is 2. The molecule has 0 aliphatic heterocycles. The second-order valence-corrected chi connectivity index (χ2v) is 2.68. The van der Waals surface area contributed by atoms with Gasteiger partial charge in [-0.3, -0.25) is 5.01 Å². The van der Waals surface area contributed by atoms with Gasteiger partial charge in [0.05, 0.1) is 5.69 Å². The Bertz CT molecular complexity index is 280. The lowest BCUT2D eigenvalue weighted by molar-refractivity contribution is 1.01. The minimum absolute atomic E-state index is 0. The van der Waals surface area contributed by atoms with E-state index < -0.39 is 0 Å². The molecule has 0 aromatic heterocycles. The Morgan fingerprint density at radius 2 is 1.73 bits per heavy atom. The van der Waals surface area contributed by atoms with Crippen LogP contribution in [0.25, 0.3) is 0 Å². The molecule has 0 spiro atoms. The third-order valence-corrected chi connectivity index (χ3v) is 1.75. The van der Waals surface area contributed by atoms with Crippen molar-refractivity contribution in [1.29, 1.82) is 0 Å². The highest BCUT2D eigenvalue weighted by Gasteiger charge is 1.99. The molecule has 0 heterocycles. The van der Waals surface area contributed by atoms with E-state index in [0.717, 1.165) is 5.69 Å². The number of hydrogen-bond donors (Lipinski definition) is 0. The van der Waals surface area contributed by atoms with Crippen molar-refractivity contribution in [3.63, 3.8) is 0 Å².